The smallest absolute Gasteiger partial charge is 0.227 e. The van der Waals surface area contributed by atoms with Gasteiger partial charge in [-0.15, -0.1) is 0 Å². The van der Waals surface area contributed by atoms with Gasteiger partial charge in [-0.05, 0) is 18.4 Å². The van der Waals surface area contributed by atoms with Crippen LogP contribution in [0, 0.1) is 11.3 Å². The van der Waals surface area contributed by atoms with Gasteiger partial charge in [-0.1, -0.05) is 37.3 Å². The normalized spacial score (nSPS) is 14.6. The molecule has 1 aromatic rings. The third-order valence-corrected chi connectivity index (χ3v) is 4.67. The lowest BCUT2D eigenvalue weighted by Gasteiger charge is -2.14. The predicted octanol–water partition coefficient (Wildman–Crippen LogP) is 1.30. The molecular weight excluding hydrogens is 262 g/mol. The first-order valence-corrected chi connectivity index (χ1v) is 7.74. The lowest BCUT2D eigenvalue weighted by molar-refractivity contribution is 0.561. The molecule has 5 nitrogen and oxygen atoms in total. The summed E-state index contributed by atoms with van der Waals surface area (Å²) in [6.45, 7) is 1.90. The Kier molecular flexibility index (Phi) is 5.96. The molecule has 19 heavy (non-hydrogen) atoms. The Labute approximate surface area is 114 Å². The van der Waals surface area contributed by atoms with Crippen LogP contribution in [0.25, 0.3) is 0 Å². The van der Waals surface area contributed by atoms with Crippen molar-refractivity contribution in [3.63, 3.8) is 0 Å². The van der Waals surface area contributed by atoms with Crippen LogP contribution >= 0.6 is 0 Å². The molecule has 0 radical (unpaired) electrons. The number of nitrogens with zero attached hydrogens (tertiary/aromatic N) is 1. The largest absolute Gasteiger partial charge is 0.324 e. The quantitative estimate of drug-likeness (QED) is 0.787. The van der Waals surface area contributed by atoms with Gasteiger partial charge in [0, 0.05) is 12.6 Å². The molecule has 6 heteroatoms. The molecule has 0 saturated carbocycles. The summed E-state index contributed by atoms with van der Waals surface area (Å²) in [5, 5.41) is 7.75. The third kappa shape index (κ3) is 4.63. The summed E-state index contributed by atoms with van der Waals surface area (Å²) in [6, 6.07) is 11.1. The summed E-state index contributed by atoms with van der Waals surface area (Å²) in [6.07, 6.45) is 0.766. The van der Waals surface area contributed by atoms with Crippen LogP contribution in [-0.4, -0.2) is 20.2 Å². The average molecular weight is 281 g/mol. The molecule has 2 unspecified atom stereocenters. The van der Waals surface area contributed by atoms with E-state index in [4.69, 9.17) is 11.0 Å². The zero-order valence-electron chi connectivity index (χ0n) is 10.9. The molecular formula is C13H19N3O2S. The van der Waals surface area contributed by atoms with Crippen LogP contribution in [0.3, 0.4) is 0 Å². The Balaban J connectivity index is 2.49. The lowest BCUT2D eigenvalue weighted by atomic mass is 10.1. The second-order valence-corrected chi connectivity index (χ2v) is 6.22. The number of nitrogens with one attached hydrogen (secondary N) is 1. The van der Waals surface area contributed by atoms with E-state index in [0.717, 1.165) is 5.56 Å². The van der Waals surface area contributed by atoms with Gasteiger partial charge in [0.15, 0.2) is 5.25 Å². The van der Waals surface area contributed by atoms with E-state index in [1.807, 2.05) is 30.3 Å². The molecule has 0 amide bonds. The monoisotopic (exact) mass is 281 g/mol. The number of hydrogen-bond donors (Lipinski definition) is 2. The first-order valence-electron chi connectivity index (χ1n) is 6.20. The van der Waals surface area contributed by atoms with Crippen molar-refractivity contribution >= 4 is 10.0 Å². The molecule has 104 valence electrons. The third-order valence-electron chi connectivity index (χ3n) is 2.88. The van der Waals surface area contributed by atoms with E-state index >= 15 is 0 Å². The molecule has 1 aromatic carbocycles. The molecule has 0 bridgehead atoms. The highest BCUT2D eigenvalue weighted by molar-refractivity contribution is 7.90. The highest BCUT2D eigenvalue weighted by Gasteiger charge is 2.22. The van der Waals surface area contributed by atoms with Gasteiger partial charge in [-0.3, -0.25) is 0 Å². The molecule has 0 spiro atoms. The molecule has 0 saturated heterocycles. The molecule has 1 rings (SSSR count). The van der Waals surface area contributed by atoms with Crippen molar-refractivity contribution in [3.8, 4) is 6.07 Å². The van der Waals surface area contributed by atoms with Crippen LogP contribution in [0.2, 0.25) is 0 Å². The van der Waals surface area contributed by atoms with E-state index in [0.29, 0.717) is 6.42 Å². The SMILES string of the molecule is CCC(C#N)S(=O)(=O)NCCC(N)c1ccccc1. The minimum absolute atomic E-state index is 0.217. The number of benzene rings is 1. The maximum absolute atomic E-state index is 11.7. The fourth-order valence-electron chi connectivity index (χ4n) is 1.70. The van der Waals surface area contributed by atoms with Gasteiger partial charge in [0.25, 0.3) is 0 Å². The Morgan fingerprint density at radius 1 is 1.37 bits per heavy atom. The van der Waals surface area contributed by atoms with E-state index in [-0.39, 0.29) is 19.0 Å². The number of rotatable bonds is 7. The van der Waals surface area contributed by atoms with Crippen molar-refractivity contribution in [1.29, 1.82) is 5.26 Å². The second kappa shape index (κ2) is 7.24. The van der Waals surface area contributed by atoms with Crippen LogP contribution in [0.4, 0.5) is 0 Å². The lowest BCUT2D eigenvalue weighted by Crippen LogP contribution is -2.34. The molecule has 0 aliphatic rings. The first-order chi connectivity index (χ1) is 9.01. The summed E-state index contributed by atoms with van der Waals surface area (Å²) in [7, 11) is -3.57. The predicted molar refractivity (Wildman–Crippen MR) is 74.6 cm³/mol. The van der Waals surface area contributed by atoms with Gasteiger partial charge < -0.3 is 5.73 Å². The van der Waals surface area contributed by atoms with Crippen molar-refractivity contribution in [1.82, 2.24) is 4.72 Å². The van der Waals surface area contributed by atoms with Crippen molar-refractivity contribution in [2.24, 2.45) is 5.73 Å². The first kappa shape index (κ1) is 15.6. The molecule has 0 aliphatic heterocycles. The van der Waals surface area contributed by atoms with E-state index < -0.39 is 15.3 Å². The van der Waals surface area contributed by atoms with Crippen LogP contribution in [0.15, 0.2) is 30.3 Å². The van der Waals surface area contributed by atoms with E-state index in [9.17, 15) is 8.42 Å². The number of nitrogens with two attached hydrogens (primary N) is 1. The van der Waals surface area contributed by atoms with Gasteiger partial charge in [0.05, 0.1) is 6.07 Å². The van der Waals surface area contributed by atoms with Gasteiger partial charge in [0.2, 0.25) is 10.0 Å². The highest BCUT2D eigenvalue weighted by atomic mass is 32.2. The number of sulfonamides is 1. The van der Waals surface area contributed by atoms with Crippen LogP contribution in [-0.2, 0) is 10.0 Å². The summed E-state index contributed by atoms with van der Waals surface area (Å²) in [5.74, 6) is 0. The Bertz CT molecular complexity index is 523. The summed E-state index contributed by atoms with van der Waals surface area (Å²) < 4.78 is 25.9. The highest BCUT2D eigenvalue weighted by Crippen LogP contribution is 2.12. The summed E-state index contributed by atoms with van der Waals surface area (Å²) in [5.41, 5.74) is 6.93. The fourth-order valence-corrected chi connectivity index (χ4v) is 2.89. The maximum atomic E-state index is 11.7. The molecule has 0 aliphatic carbocycles. The van der Waals surface area contributed by atoms with Gasteiger partial charge in [-0.2, -0.15) is 5.26 Å². The standard InChI is InChI=1S/C13H19N3O2S/c1-2-12(10-14)19(17,18)16-9-8-13(15)11-6-4-3-5-7-11/h3-7,12-13,16H,2,8-9,15H2,1H3. The Morgan fingerprint density at radius 3 is 2.53 bits per heavy atom. The maximum Gasteiger partial charge on any atom is 0.227 e. The molecule has 3 N–H and O–H groups in total. The van der Waals surface area contributed by atoms with Crippen molar-refractivity contribution in [2.45, 2.75) is 31.1 Å². The van der Waals surface area contributed by atoms with Crippen LogP contribution in [0.5, 0.6) is 0 Å². The minimum Gasteiger partial charge on any atom is -0.324 e. The summed E-state index contributed by atoms with van der Waals surface area (Å²) >= 11 is 0. The number of nitriles is 1. The fraction of sp³-hybridized carbons (Fsp3) is 0.462. The molecule has 2 atom stereocenters. The Morgan fingerprint density at radius 2 is 2.00 bits per heavy atom. The summed E-state index contributed by atoms with van der Waals surface area (Å²) in [4.78, 5) is 0. The molecule has 0 fully saturated rings. The zero-order chi connectivity index (χ0) is 14.3. The van der Waals surface area contributed by atoms with Gasteiger partial charge >= 0.3 is 0 Å². The van der Waals surface area contributed by atoms with Crippen molar-refractivity contribution in [2.75, 3.05) is 6.54 Å². The average Bonchev–Trinajstić information content (AvgIpc) is 2.40. The molecule has 0 heterocycles. The topological polar surface area (TPSA) is 96.0 Å². The second-order valence-electron chi connectivity index (χ2n) is 4.27. The van der Waals surface area contributed by atoms with Crippen LogP contribution in [0.1, 0.15) is 31.4 Å². The number of hydrogen-bond acceptors (Lipinski definition) is 4. The molecule has 0 aromatic heterocycles. The van der Waals surface area contributed by atoms with Crippen molar-refractivity contribution in [3.05, 3.63) is 35.9 Å². The van der Waals surface area contributed by atoms with E-state index in [1.54, 1.807) is 13.0 Å². The van der Waals surface area contributed by atoms with E-state index in [1.165, 1.54) is 0 Å². The minimum atomic E-state index is -3.57. The Hall–Kier alpha value is -1.42. The zero-order valence-corrected chi connectivity index (χ0v) is 11.7. The van der Waals surface area contributed by atoms with Crippen molar-refractivity contribution < 1.29 is 8.42 Å². The van der Waals surface area contributed by atoms with Gasteiger partial charge in [0.1, 0.15) is 0 Å². The van der Waals surface area contributed by atoms with Crippen LogP contribution < -0.4 is 10.5 Å². The van der Waals surface area contributed by atoms with Gasteiger partial charge in [-0.25, -0.2) is 13.1 Å². The van der Waals surface area contributed by atoms with E-state index in [2.05, 4.69) is 4.72 Å².